The molecule has 1 N–H and O–H groups in total. The van der Waals surface area contributed by atoms with E-state index in [0.29, 0.717) is 12.0 Å². The molecule has 1 rings (SSSR count). The Morgan fingerprint density at radius 2 is 1.64 bits per heavy atom. The first-order chi connectivity index (χ1) is 9.99. The normalized spacial score (nSPS) is 11.9. The first-order valence-electron chi connectivity index (χ1n) is 6.66. The molecule has 0 fully saturated rings. The van der Waals surface area contributed by atoms with Crippen molar-refractivity contribution in [2.24, 2.45) is 0 Å². The van der Waals surface area contributed by atoms with Crippen LogP contribution in [0.15, 0.2) is 24.3 Å². The summed E-state index contributed by atoms with van der Waals surface area (Å²) in [4.78, 5) is 22.4. The third-order valence-electron chi connectivity index (χ3n) is 2.56. The third-order valence-corrected chi connectivity index (χ3v) is 2.56. The molecule has 0 saturated carbocycles. The molecular formula is C15H18F3NO3. The third kappa shape index (κ3) is 6.15. The summed E-state index contributed by atoms with van der Waals surface area (Å²) in [5.41, 5.74) is -0.296. The van der Waals surface area contributed by atoms with Crippen LogP contribution in [-0.2, 0) is 11.2 Å². The van der Waals surface area contributed by atoms with Crippen molar-refractivity contribution >= 4 is 11.9 Å². The van der Waals surface area contributed by atoms with Gasteiger partial charge in [-0.25, -0.2) is 4.79 Å². The first-order valence-corrected chi connectivity index (χ1v) is 6.66. The molecule has 0 unspecified atom stereocenters. The van der Waals surface area contributed by atoms with Gasteiger partial charge in [0, 0.05) is 12.1 Å². The maximum atomic E-state index is 12.3. The van der Waals surface area contributed by atoms with Crippen LogP contribution in [0.2, 0.25) is 0 Å². The standard InChI is InChI=1S/C15H18F3NO3/c1-14(2,3)22-13(21)19-9-8-10-4-6-11(7-5-10)12(20)15(16,17)18/h4-7H,8-9H2,1-3H3,(H,19,21). The number of alkyl halides is 3. The zero-order valence-electron chi connectivity index (χ0n) is 12.6. The number of alkyl carbamates (subject to hydrolysis) is 1. The molecule has 1 amide bonds. The number of carbonyl (C=O) groups excluding carboxylic acids is 2. The average molecular weight is 317 g/mol. The maximum Gasteiger partial charge on any atom is 0.454 e. The van der Waals surface area contributed by atoms with Crippen LogP contribution in [-0.4, -0.2) is 30.2 Å². The fraction of sp³-hybridized carbons (Fsp3) is 0.467. The molecule has 1 aromatic carbocycles. The molecule has 0 aliphatic carbocycles. The van der Waals surface area contributed by atoms with Crippen molar-refractivity contribution in [2.75, 3.05) is 6.54 Å². The van der Waals surface area contributed by atoms with Crippen molar-refractivity contribution in [3.05, 3.63) is 35.4 Å². The lowest BCUT2D eigenvalue weighted by Crippen LogP contribution is -2.33. The van der Waals surface area contributed by atoms with Gasteiger partial charge in [-0.15, -0.1) is 0 Å². The fourth-order valence-electron chi connectivity index (χ4n) is 1.61. The number of nitrogens with one attached hydrogen (secondary N) is 1. The lowest BCUT2D eigenvalue weighted by Gasteiger charge is -2.19. The molecule has 22 heavy (non-hydrogen) atoms. The number of rotatable bonds is 4. The zero-order valence-corrected chi connectivity index (χ0v) is 12.6. The Hall–Kier alpha value is -2.05. The van der Waals surface area contributed by atoms with Crippen molar-refractivity contribution in [3.8, 4) is 0 Å². The highest BCUT2D eigenvalue weighted by molar-refractivity contribution is 6.00. The van der Waals surface area contributed by atoms with Crippen molar-refractivity contribution in [1.29, 1.82) is 0 Å². The van der Waals surface area contributed by atoms with Crippen LogP contribution < -0.4 is 5.32 Å². The number of ketones is 1. The second-order valence-electron chi connectivity index (χ2n) is 5.70. The summed E-state index contributed by atoms with van der Waals surface area (Å²) in [6.07, 6.45) is -5.02. The highest BCUT2D eigenvalue weighted by Crippen LogP contribution is 2.21. The zero-order chi connectivity index (χ0) is 17.0. The summed E-state index contributed by atoms with van der Waals surface area (Å²) in [6, 6.07) is 5.10. The predicted molar refractivity (Wildman–Crippen MR) is 74.8 cm³/mol. The Bertz CT molecular complexity index is 530. The molecule has 7 heteroatoms. The molecule has 0 spiro atoms. The molecule has 0 atom stereocenters. The number of carbonyl (C=O) groups is 2. The van der Waals surface area contributed by atoms with Gasteiger partial charge in [-0.3, -0.25) is 4.79 Å². The van der Waals surface area contributed by atoms with Gasteiger partial charge in [0.05, 0.1) is 0 Å². The van der Waals surface area contributed by atoms with E-state index in [1.807, 2.05) is 0 Å². The van der Waals surface area contributed by atoms with Gasteiger partial charge >= 0.3 is 12.3 Å². The topological polar surface area (TPSA) is 55.4 Å². The van der Waals surface area contributed by atoms with Gasteiger partial charge in [0.15, 0.2) is 0 Å². The molecule has 0 aliphatic heterocycles. The molecule has 0 saturated heterocycles. The summed E-state index contributed by atoms with van der Waals surface area (Å²) in [6.45, 7) is 5.50. The Kier molecular flexibility index (Phi) is 5.57. The Labute approximate surface area is 126 Å². The number of Topliss-reactive ketones (excluding diaryl/α,β-unsaturated/α-hetero) is 1. The largest absolute Gasteiger partial charge is 0.454 e. The molecule has 122 valence electrons. The van der Waals surface area contributed by atoms with E-state index in [-0.39, 0.29) is 6.54 Å². The Morgan fingerprint density at radius 3 is 2.09 bits per heavy atom. The summed E-state index contributed by atoms with van der Waals surface area (Å²) in [5.74, 6) is -1.87. The van der Waals surface area contributed by atoms with Crippen molar-refractivity contribution in [3.63, 3.8) is 0 Å². The minimum atomic E-state index is -4.88. The molecule has 0 heterocycles. The summed E-state index contributed by atoms with van der Waals surface area (Å²) in [7, 11) is 0. The smallest absolute Gasteiger partial charge is 0.444 e. The van der Waals surface area contributed by atoms with Gasteiger partial charge in [-0.2, -0.15) is 13.2 Å². The van der Waals surface area contributed by atoms with Crippen LogP contribution in [0.3, 0.4) is 0 Å². The molecule has 0 aliphatic rings. The van der Waals surface area contributed by atoms with E-state index in [4.69, 9.17) is 4.74 Å². The molecule has 4 nitrogen and oxygen atoms in total. The average Bonchev–Trinajstić information content (AvgIpc) is 2.35. The van der Waals surface area contributed by atoms with Gasteiger partial charge in [-0.1, -0.05) is 24.3 Å². The number of halogens is 3. The van der Waals surface area contributed by atoms with E-state index in [2.05, 4.69) is 5.32 Å². The van der Waals surface area contributed by atoms with Crippen LogP contribution in [0, 0.1) is 0 Å². The summed E-state index contributed by atoms with van der Waals surface area (Å²) < 4.78 is 41.8. The maximum absolute atomic E-state index is 12.3. The highest BCUT2D eigenvalue weighted by atomic mass is 19.4. The predicted octanol–water partition coefficient (Wildman–Crippen LogP) is 3.50. The van der Waals surface area contributed by atoms with Gasteiger partial charge in [-0.05, 0) is 32.8 Å². The molecular weight excluding hydrogens is 299 g/mol. The first kappa shape index (κ1) is 18.0. The lowest BCUT2D eigenvalue weighted by molar-refractivity contribution is -0.0885. The Morgan fingerprint density at radius 1 is 1.09 bits per heavy atom. The minimum absolute atomic E-state index is 0.279. The van der Waals surface area contributed by atoms with E-state index in [1.54, 1.807) is 20.8 Å². The van der Waals surface area contributed by atoms with Crippen molar-refractivity contribution in [1.82, 2.24) is 5.32 Å². The van der Waals surface area contributed by atoms with Gasteiger partial charge < -0.3 is 10.1 Å². The van der Waals surface area contributed by atoms with Crippen LogP contribution >= 0.6 is 0 Å². The van der Waals surface area contributed by atoms with E-state index in [9.17, 15) is 22.8 Å². The molecule has 1 aromatic rings. The van der Waals surface area contributed by atoms with Crippen molar-refractivity contribution in [2.45, 2.75) is 39.0 Å². The van der Waals surface area contributed by atoms with Crippen LogP contribution in [0.4, 0.5) is 18.0 Å². The van der Waals surface area contributed by atoms with Crippen LogP contribution in [0.5, 0.6) is 0 Å². The quantitative estimate of drug-likeness (QED) is 0.865. The highest BCUT2D eigenvalue weighted by Gasteiger charge is 2.39. The van der Waals surface area contributed by atoms with E-state index >= 15 is 0 Å². The fourth-order valence-corrected chi connectivity index (χ4v) is 1.61. The summed E-state index contributed by atoms with van der Waals surface area (Å²) >= 11 is 0. The van der Waals surface area contributed by atoms with Gasteiger partial charge in [0.25, 0.3) is 5.78 Å². The monoisotopic (exact) mass is 317 g/mol. The number of hydrogen-bond acceptors (Lipinski definition) is 3. The summed E-state index contributed by atoms with van der Waals surface area (Å²) in [5, 5.41) is 2.54. The van der Waals surface area contributed by atoms with Crippen molar-refractivity contribution < 1.29 is 27.5 Å². The van der Waals surface area contributed by atoms with Crippen LogP contribution in [0.25, 0.3) is 0 Å². The van der Waals surface area contributed by atoms with E-state index < -0.39 is 29.2 Å². The molecule has 0 bridgehead atoms. The Balaban J connectivity index is 2.49. The lowest BCUT2D eigenvalue weighted by atomic mass is 10.1. The van der Waals surface area contributed by atoms with E-state index in [1.165, 1.54) is 12.1 Å². The minimum Gasteiger partial charge on any atom is -0.444 e. The van der Waals surface area contributed by atoms with Crippen LogP contribution in [0.1, 0.15) is 36.7 Å². The second kappa shape index (κ2) is 6.81. The van der Waals surface area contributed by atoms with Gasteiger partial charge in [0.1, 0.15) is 5.60 Å². The van der Waals surface area contributed by atoms with E-state index in [0.717, 1.165) is 12.1 Å². The number of amides is 1. The molecule has 0 radical (unpaired) electrons. The number of hydrogen-bond donors (Lipinski definition) is 1. The SMILES string of the molecule is CC(C)(C)OC(=O)NCCc1ccc(C(=O)C(F)(F)F)cc1. The number of benzene rings is 1. The number of ether oxygens (including phenoxy) is 1. The van der Waals surface area contributed by atoms with Gasteiger partial charge in [0.2, 0.25) is 0 Å². The second-order valence-corrected chi connectivity index (χ2v) is 5.70. The molecule has 0 aromatic heterocycles.